The maximum absolute atomic E-state index is 11.5. The highest BCUT2D eigenvalue weighted by Gasteiger charge is 2.62. The van der Waals surface area contributed by atoms with Crippen LogP contribution in [0.25, 0.3) is 0 Å². The second-order valence-electron chi connectivity index (χ2n) is 4.47. The largest absolute Gasteiger partial charge is 0.480 e. The van der Waals surface area contributed by atoms with Gasteiger partial charge in [0, 0.05) is 0 Å². The summed E-state index contributed by atoms with van der Waals surface area (Å²) in [6.07, 6.45) is 0.825. The lowest BCUT2D eigenvalue weighted by Gasteiger charge is -2.13. The third kappa shape index (κ3) is 1.66. The average Bonchev–Trinajstić information content (AvgIpc) is 2.48. The molecule has 1 unspecified atom stereocenters. The zero-order valence-corrected chi connectivity index (χ0v) is 8.18. The Bertz CT molecular complexity index is 260. The highest BCUT2D eigenvalue weighted by molar-refractivity contribution is 5.88. The Kier molecular flexibility index (Phi) is 2.10. The molecule has 1 saturated carbocycles. The van der Waals surface area contributed by atoms with Gasteiger partial charge < -0.3 is 10.4 Å². The first-order valence-electron chi connectivity index (χ1n) is 4.30. The van der Waals surface area contributed by atoms with Crippen LogP contribution in [-0.4, -0.2) is 23.5 Å². The van der Waals surface area contributed by atoms with E-state index >= 15 is 0 Å². The number of carboxylic acid groups (broad SMARTS) is 1. The molecule has 0 saturated heterocycles. The van der Waals surface area contributed by atoms with Gasteiger partial charge in [0.2, 0.25) is 5.91 Å². The van der Waals surface area contributed by atoms with Gasteiger partial charge in [-0.2, -0.15) is 0 Å². The Balaban J connectivity index is 2.47. The van der Waals surface area contributed by atoms with Crippen molar-refractivity contribution in [1.82, 2.24) is 5.32 Å². The SMILES string of the molecule is CC1(C)CC1(C)C(=O)NCC(=O)O. The van der Waals surface area contributed by atoms with Gasteiger partial charge in [0.15, 0.2) is 0 Å². The van der Waals surface area contributed by atoms with E-state index < -0.39 is 5.97 Å². The molecule has 4 heteroatoms. The fourth-order valence-corrected chi connectivity index (χ4v) is 1.58. The first-order valence-corrected chi connectivity index (χ1v) is 4.30. The topological polar surface area (TPSA) is 66.4 Å². The predicted octanol–water partition coefficient (Wildman–Crippen LogP) is 0.623. The molecule has 0 aliphatic heterocycles. The summed E-state index contributed by atoms with van der Waals surface area (Å²) in [7, 11) is 0. The van der Waals surface area contributed by atoms with Crippen LogP contribution in [0.3, 0.4) is 0 Å². The fourth-order valence-electron chi connectivity index (χ4n) is 1.58. The second kappa shape index (κ2) is 2.72. The van der Waals surface area contributed by atoms with Gasteiger partial charge in [-0.1, -0.05) is 20.8 Å². The van der Waals surface area contributed by atoms with Crippen molar-refractivity contribution in [1.29, 1.82) is 0 Å². The van der Waals surface area contributed by atoms with Gasteiger partial charge in [-0.15, -0.1) is 0 Å². The van der Waals surface area contributed by atoms with Crippen LogP contribution < -0.4 is 5.32 Å². The zero-order chi connectivity index (χ0) is 10.3. The molecule has 0 radical (unpaired) electrons. The molecule has 1 fully saturated rings. The van der Waals surface area contributed by atoms with Gasteiger partial charge in [0.1, 0.15) is 6.54 Å². The fraction of sp³-hybridized carbons (Fsp3) is 0.778. The van der Waals surface area contributed by atoms with E-state index in [9.17, 15) is 9.59 Å². The molecule has 0 aromatic carbocycles. The van der Waals surface area contributed by atoms with Gasteiger partial charge in [-0.3, -0.25) is 9.59 Å². The van der Waals surface area contributed by atoms with E-state index in [2.05, 4.69) is 5.32 Å². The minimum atomic E-state index is -1.00. The van der Waals surface area contributed by atoms with Crippen LogP contribution in [0.2, 0.25) is 0 Å². The van der Waals surface area contributed by atoms with E-state index in [0.29, 0.717) is 0 Å². The van der Waals surface area contributed by atoms with E-state index in [1.54, 1.807) is 0 Å². The smallest absolute Gasteiger partial charge is 0.322 e. The summed E-state index contributed by atoms with van der Waals surface area (Å²) in [5.74, 6) is -1.16. The Morgan fingerprint density at radius 2 is 1.85 bits per heavy atom. The van der Waals surface area contributed by atoms with Gasteiger partial charge in [0.25, 0.3) is 0 Å². The lowest BCUT2D eigenvalue weighted by molar-refractivity contribution is -0.139. The minimum Gasteiger partial charge on any atom is -0.480 e. The number of carbonyl (C=O) groups is 2. The number of carbonyl (C=O) groups excluding carboxylic acids is 1. The molecule has 1 aliphatic carbocycles. The van der Waals surface area contributed by atoms with E-state index in [1.165, 1.54) is 0 Å². The van der Waals surface area contributed by atoms with Gasteiger partial charge >= 0.3 is 5.97 Å². The Hall–Kier alpha value is -1.06. The number of carboxylic acids is 1. The van der Waals surface area contributed by atoms with Crippen LogP contribution in [0.4, 0.5) is 0 Å². The van der Waals surface area contributed by atoms with E-state index in [0.717, 1.165) is 6.42 Å². The van der Waals surface area contributed by atoms with Crippen molar-refractivity contribution in [3.05, 3.63) is 0 Å². The normalized spacial score (nSPS) is 29.5. The number of hydrogen-bond acceptors (Lipinski definition) is 2. The van der Waals surface area contributed by atoms with E-state index in [4.69, 9.17) is 5.11 Å². The predicted molar refractivity (Wildman–Crippen MR) is 47.2 cm³/mol. The lowest BCUT2D eigenvalue weighted by atomic mass is 9.97. The van der Waals surface area contributed by atoms with Gasteiger partial charge in [0.05, 0.1) is 5.41 Å². The molecule has 13 heavy (non-hydrogen) atoms. The molecule has 1 rings (SSSR count). The van der Waals surface area contributed by atoms with Crippen molar-refractivity contribution in [2.45, 2.75) is 27.2 Å². The molecule has 1 atom stereocenters. The van der Waals surface area contributed by atoms with Crippen molar-refractivity contribution in [3.8, 4) is 0 Å². The molecule has 74 valence electrons. The molecular formula is C9H15NO3. The summed E-state index contributed by atoms with van der Waals surface area (Å²) < 4.78 is 0. The van der Waals surface area contributed by atoms with Gasteiger partial charge in [-0.05, 0) is 11.8 Å². The molecule has 1 aliphatic rings. The first kappa shape index (κ1) is 10.0. The molecule has 2 N–H and O–H groups in total. The van der Waals surface area contributed by atoms with Crippen molar-refractivity contribution >= 4 is 11.9 Å². The number of hydrogen-bond donors (Lipinski definition) is 2. The zero-order valence-electron chi connectivity index (χ0n) is 8.18. The standard InChI is InChI=1S/C9H15NO3/c1-8(2)5-9(8,3)7(13)10-4-6(11)12/h4-5H2,1-3H3,(H,10,13)(H,11,12). The minimum absolute atomic E-state index is 0.00951. The maximum Gasteiger partial charge on any atom is 0.322 e. The quantitative estimate of drug-likeness (QED) is 0.677. The summed E-state index contributed by atoms with van der Waals surface area (Å²) >= 11 is 0. The number of aliphatic carboxylic acids is 1. The Morgan fingerprint density at radius 1 is 1.38 bits per heavy atom. The highest BCUT2D eigenvalue weighted by Crippen LogP contribution is 2.63. The molecule has 1 amide bonds. The van der Waals surface area contributed by atoms with Crippen LogP contribution in [0.5, 0.6) is 0 Å². The Morgan fingerprint density at radius 3 is 2.15 bits per heavy atom. The average molecular weight is 185 g/mol. The summed E-state index contributed by atoms with van der Waals surface area (Å²) in [5.41, 5.74) is -0.363. The van der Waals surface area contributed by atoms with Gasteiger partial charge in [-0.25, -0.2) is 0 Å². The molecule has 0 aromatic rings. The molecular weight excluding hydrogens is 170 g/mol. The van der Waals surface area contributed by atoms with Crippen LogP contribution >= 0.6 is 0 Å². The number of rotatable bonds is 3. The third-order valence-electron chi connectivity index (χ3n) is 3.07. The van der Waals surface area contributed by atoms with Crippen LogP contribution in [0.1, 0.15) is 27.2 Å². The van der Waals surface area contributed by atoms with Crippen molar-refractivity contribution in [2.24, 2.45) is 10.8 Å². The molecule has 4 nitrogen and oxygen atoms in total. The number of amides is 1. The maximum atomic E-state index is 11.5. The molecule has 0 spiro atoms. The van der Waals surface area contributed by atoms with Crippen LogP contribution in [-0.2, 0) is 9.59 Å². The molecule has 0 bridgehead atoms. The Labute approximate surface area is 77.3 Å². The lowest BCUT2D eigenvalue weighted by Crippen LogP contribution is -2.36. The van der Waals surface area contributed by atoms with E-state index in [1.807, 2.05) is 20.8 Å². The summed E-state index contributed by atoms with van der Waals surface area (Å²) in [4.78, 5) is 21.7. The van der Waals surface area contributed by atoms with Crippen LogP contribution in [0, 0.1) is 10.8 Å². The monoisotopic (exact) mass is 185 g/mol. The summed E-state index contributed by atoms with van der Waals surface area (Å²) in [5, 5.41) is 10.8. The van der Waals surface area contributed by atoms with E-state index in [-0.39, 0.29) is 23.3 Å². The van der Waals surface area contributed by atoms with Crippen LogP contribution in [0.15, 0.2) is 0 Å². The van der Waals surface area contributed by atoms with Crippen molar-refractivity contribution in [2.75, 3.05) is 6.54 Å². The highest BCUT2D eigenvalue weighted by atomic mass is 16.4. The first-order chi connectivity index (χ1) is 5.79. The second-order valence-corrected chi connectivity index (χ2v) is 4.47. The van der Waals surface area contributed by atoms with Crippen molar-refractivity contribution in [3.63, 3.8) is 0 Å². The third-order valence-corrected chi connectivity index (χ3v) is 3.07. The summed E-state index contributed by atoms with van der Waals surface area (Å²) in [6.45, 7) is 5.59. The summed E-state index contributed by atoms with van der Waals surface area (Å²) in [6, 6.07) is 0. The molecule has 0 heterocycles. The number of nitrogens with one attached hydrogen (secondary N) is 1. The molecule has 0 aromatic heterocycles. The van der Waals surface area contributed by atoms with Crippen molar-refractivity contribution < 1.29 is 14.7 Å².